The number of hydrogen-bond donors (Lipinski definition) is 1. The summed E-state index contributed by atoms with van der Waals surface area (Å²) < 4.78 is 0. The van der Waals surface area contributed by atoms with Crippen LogP contribution in [0.3, 0.4) is 0 Å². The molecule has 0 aliphatic rings. The van der Waals surface area contributed by atoms with E-state index in [9.17, 15) is 5.11 Å². The predicted octanol–water partition coefficient (Wildman–Crippen LogP) is 4.14. The van der Waals surface area contributed by atoms with E-state index in [0.717, 1.165) is 11.1 Å². The summed E-state index contributed by atoms with van der Waals surface area (Å²) in [4.78, 5) is 1.19. The van der Waals surface area contributed by atoms with Crippen molar-refractivity contribution in [2.45, 2.75) is 11.0 Å². The molecule has 3 heteroatoms. The summed E-state index contributed by atoms with van der Waals surface area (Å²) in [5, 5.41) is 10.9. The number of aliphatic hydroxyl groups excluding tert-OH is 1. The lowest BCUT2D eigenvalue weighted by Gasteiger charge is -2.11. The highest BCUT2D eigenvalue weighted by molar-refractivity contribution is 7.98. The van der Waals surface area contributed by atoms with Crippen molar-refractivity contribution in [1.82, 2.24) is 0 Å². The molecule has 0 aliphatic carbocycles. The van der Waals surface area contributed by atoms with Crippen molar-refractivity contribution in [1.29, 1.82) is 0 Å². The first-order valence-corrected chi connectivity index (χ1v) is 6.88. The van der Waals surface area contributed by atoms with Gasteiger partial charge < -0.3 is 5.11 Å². The van der Waals surface area contributed by atoms with Gasteiger partial charge in [-0.2, -0.15) is 0 Å². The minimum atomic E-state index is -0.594. The molecule has 2 aromatic rings. The Kier molecular flexibility index (Phi) is 4.11. The van der Waals surface area contributed by atoms with Gasteiger partial charge in [0.2, 0.25) is 0 Å². The predicted molar refractivity (Wildman–Crippen MR) is 73.7 cm³/mol. The van der Waals surface area contributed by atoms with Crippen molar-refractivity contribution in [3.63, 3.8) is 0 Å². The molecular formula is C14H13ClOS. The van der Waals surface area contributed by atoms with Gasteiger partial charge in [0.1, 0.15) is 6.10 Å². The summed E-state index contributed by atoms with van der Waals surface area (Å²) in [7, 11) is 0. The van der Waals surface area contributed by atoms with Gasteiger partial charge in [-0.05, 0) is 41.6 Å². The van der Waals surface area contributed by atoms with Gasteiger partial charge in [0.25, 0.3) is 0 Å². The summed E-state index contributed by atoms with van der Waals surface area (Å²) >= 11 is 7.51. The molecule has 0 saturated heterocycles. The zero-order valence-corrected chi connectivity index (χ0v) is 11.0. The van der Waals surface area contributed by atoms with Gasteiger partial charge in [-0.15, -0.1) is 11.8 Å². The third-order valence-corrected chi connectivity index (χ3v) is 3.61. The molecule has 1 unspecified atom stereocenters. The number of halogens is 1. The van der Waals surface area contributed by atoms with Crippen LogP contribution in [-0.2, 0) is 0 Å². The largest absolute Gasteiger partial charge is 0.384 e. The van der Waals surface area contributed by atoms with E-state index in [-0.39, 0.29) is 0 Å². The maximum Gasteiger partial charge on any atom is 0.104 e. The molecule has 17 heavy (non-hydrogen) atoms. The van der Waals surface area contributed by atoms with Gasteiger partial charge in [-0.3, -0.25) is 0 Å². The van der Waals surface area contributed by atoms with E-state index in [2.05, 4.69) is 0 Å². The molecule has 0 bridgehead atoms. The summed E-state index contributed by atoms with van der Waals surface area (Å²) in [5.41, 5.74) is 1.75. The maximum atomic E-state index is 10.2. The fraction of sp³-hybridized carbons (Fsp3) is 0.143. The van der Waals surface area contributed by atoms with Crippen LogP contribution >= 0.6 is 23.4 Å². The standard InChI is InChI=1S/C14H13ClOS/c1-17-13-8-4-11(5-9-13)14(16)10-2-6-12(15)7-3-10/h2-9,14,16H,1H3. The number of thioether (sulfide) groups is 1. The molecule has 1 N–H and O–H groups in total. The van der Waals surface area contributed by atoms with Crippen LogP contribution in [-0.4, -0.2) is 11.4 Å². The van der Waals surface area contributed by atoms with Gasteiger partial charge in [0.15, 0.2) is 0 Å². The van der Waals surface area contributed by atoms with Crippen LogP contribution in [0.5, 0.6) is 0 Å². The summed E-state index contributed by atoms with van der Waals surface area (Å²) in [5.74, 6) is 0. The molecule has 0 amide bonds. The summed E-state index contributed by atoms with van der Waals surface area (Å²) in [6, 6.07) is 15.2. The molecule has 0 fully saturated rings. The topological polar surface area (TPSA) is 20.2 Å². The minimum Gasteiger partial charge on any atom is -0.384 e. The van der Waals surface area contributed by atoms with E-state index < -0.39 is 6.10 Å². The lowest BCUT2D eigenvalue weighted by molar-refractivity contribution is 0.220. The Bertz CT molecular complexity index is 479. The van der Waals surface area contributed by atoms with Gasteiger partial charge in [0.05, 0.1) is 0 Å². The third-order valence-electron chi connectivity index (χ3n) is 2.62. The number of aliphatic hydroxyl groups is 1. The molecule has 0 radical (unpaired) electrons. The summed E-state index contributed by atoms with van der Waals surface area (Å²) in [6.45, 7) is 0. The van der Waals surface area contributed by atoms with Crippen LogP contribution in [0.1, 0.15) is 17.2 Å². The zero-order valence-electron chi connectivity index (χ0n) is 9.43. The maximum absolute atomic E-state index is 10.2. The Labute approximate surface area is 110 Å². The Hall–Kier alpha value is -0.960. The Morgan fingerprint density at radius 2 is 1.41 bits per heavy atom. The van der Waals surface area contributed by atoms with Crippen LogP contribution in [0.25, 0.3) is 0 Å². The molecule has 0 spiro atoms. The fourth-order valence-electron chi connectivity index (χ4n) is 1.62. The molecule has 0 aromatic heterocycles. The van der Waals surface area contributed by atoms with Crippen molar-refractivity contribution in [2.75, 3.05) is 6.26 Å². The smallest absolute Gasteiger partial charge is 0.104 e. The number of benzene rings is 2. The zero-order chi connectivity index (χ0) is 12.3. The van der Waals surface area contributed by atoms with Gasteiger partial charge in [-0.25, -0.2) is 0 Å². The molecule has 0 aliphatic heterocycles. The monoisotopic (exact) mass is 264 g/mol. The SMILES string of the molecule is CSc1ccc(C(O)c2ccc(Cl)cc2)cc1. The number of rotatable bonds is 3. The minimum absolute atomic E-state index is 0.594. The van der Waals surface area contributed by atoms with E-state index in [1.807, 2.05) is 42.7 Å². The van der Waals surface area contributed by atoms with Crippen molar-refractivity contribution in [3.8, 4) is 0 Å². The van der Waals surface area contributed by atoms with Crippen LogP contribution < -0.4 is 0 Å². The van der Waals surface area contributed by atoms with Gasteiger partial charge in [-0.1, -0.05) is 35.9 Å². The van der Waals surface area contributed by atoms with E-state index in [1.165, 1.54) is 4.90 Å². The number of hydrogen-bond acceptors (Lipinski definition) is 2. The van der Waals surface area contributed by atoms with Crippen LogP contribution in [0, 0.1) is 0 Å². The summed E-state index contributed by atoms with van der Waals surface area (Å²) in [6.07, 6.45) is 1.44. The highest BCUT2D eigenvalue weighted by atomic mass is 35.5. The Balaban J connectivity index is 2.23. The van der Waals surface area contributed by atoms with Crippen molar-refractivity contribution in [3.05, 3.63) is 64.7 Å². The average molecular weight is 265 g/mol. The highest BCUT2D eigenvalue weighted by Crippen LogP contribution is 2.25. The fourth-order valence-corrected chi connectivity index (χ4v) is 2.16. The van der Waals surface area contributed by atoms with Crippen LogP contribution in [0.2, 0.25) is 5.02 Å². The van der Waals surface area contributed by atoms with Crippen LogP contribution in [0.4, 0.5) is 0 Å². The second-order valence-corrected chi connectivity index (χ2v) is 5.04. The third kappa shape index (κ3) is 3.03. The van der Waals surface area contributed by atoms with Gasteiger partial charge >= 0.3 is 0 Å². The van der Waals surface area contributed by atoms with Crippen molar-refractivity contribution < 1.29 is 5.11 Å². The lowest BCUT2D eigenvalue weighted by atomic mass is 10.0. The van der Waals surface area contributed by atoms with E-state index in [4.69, 9.17) is 11.6 Å². The molecule has 2 rings (SSSR count). The lowest BCUT2D eigenvalue weighted by Crippen LogP contribution is -1.98. The Morgan fingerprint density at radius 3 is 1.88 bits per heavy atom. The average Bonchev–Trinajstić information content (AvgIpc) is 2.39. The first-order chi connectivity index (χ1) is 8.20. The van der Waals surface area contributed by atoms with E-state index in [0.29, 0.717) is 5.02 Å². The molecule has 1 nitrogen and oxygen atoms in total. The quantitative estimate of drug-likeness (QED) is 0.841. The molecular weight excluding hydrogens is 252 g/mol. The normalized spacial score (nSPS) is 12.4. The highest BCUT2D eigenvalue weighted by Gasteiger charge is 2.09. The Morgan fingerprint density at radius 1 is 0.941 bits per heavy atom. The van der Waals surface area contributed by atoms with Crippen LogP contribution in [0.15, 0.2) is 53.4 Å². The van der Waals surface area contributed by atoms with E-state index >= 15 is 0 Å². The van der Waals surface area contributed by atoms with Crippen molar-refractivity contribution >= 4 is 23.4 Å². The first kappa shape index (κ1) is 12.5. The first-order valence-electron chi connectivity index (χ1n) is 5.28. The molecule has 1 atom stereocenters. The second-order valence-electron chi connectivity index (χ2n) is 3.73. The van der Waals surface area contributed by atoms with E-state index in [1.54, 1.807) is 23.9 Å². The molecule has 0 saturated carbocycles. The molecule has 88 valence electrons. The van der Waals surface area contributed by atoms with Gasteiger partial charge in [0, 0.05) is 9.92 Å². The molecule has 2 aromatic carbocycles. The van der Waals surface area contributed by atoms with Crippen molar-refractivity contribution in [2.24, 2.45) is 0 Å². The molecule has 0 heterocycles. The second kappa shape index (κ2) is 5.58.